The van der Waals surface area contributed by atoms with Crippen LogP contribution in [0.5, 0.6) is 0 Å². The molecule has 1 fully saturated rings. The molecule has 0 spiro atoms. The number of aliphatic carboxylic acids is 1. The number of aliphatic hydroxyl groups is 1. The van der Waals surface area contributed by atoms with Gasteiger partial charge < -0.3 is 20.4 Å². The molecule has 1 rings (SSSR count). The van der Waals surface area contributed by atoms with Gasteiger partial charge in [0.1, 0.15) is 0 Å². The third kappa shape index (κ3) is 3.89. The number of carboxylic acids is 1. The zero-order chi connectivity index (χ0) is 12.8. The molecule has 2 unspecified atom stereocenters. The molecule has 0 radical (unpaired) electrons. The SMILES string of the molecule is CN(CCO)C(=O)NC1CCCCC1C(=O)O. The van der Waals surface area contributed by atoms with Crippen molar-refractivity contribution < 1.29 is 19.8 Å². The topological polar surface area (TPSA) is 89.9 Å². The summed E-state index contributed by atoms with van der Waals surface area (Å²) >= 11 is 0. The summed E-state index contributed by atoms with van der Waals surface area (Å²) in [7, 11) is 1.57. The third-order valence-electron chi connectivity index (χ3n) is 3.17. The lowest BCUT2D eigenvalue weighted by molar-refractivity contribution is -0.143. The largest absolute Gasteiger partial charge is 0.481 e. The Morgan fingerprint density at radius 3 is 2.59 bits per heavy atom. The number of amides is 2. The van der Waals surface area contributed by atoms with Crippen molar-refractivity contribution in [1.29, 1.82) is 0 Å². The van der Waals surface area contributed by atoms with Crippen LogP contribution in [0.15, 0.2) is 0 Å². The molecule has 2 amide bonds. The van der Waals surface area contributed by atoms with Crippen molar-refractivity contribution in [3.05, 3.63) is 0 Å². The minimum Gasteiger partial charge on any atom is -0.481 e. The van der Waals surface area contributed by atoms with Gasteiger partial charge in [-0.1, -0.05) is 12.8 Å². The van der Waals surface area contributed by atoms with Crippen LogP contribution in [0.3, 0.4) is 0 Å². The fourth-order valence-corrected chi connectivity index (χ4v) is 2.12. The molecule has 17 heavy (non-hydrogen) atoms. The van der Waals surface area contributed by atoms with Crippen LogP contribution in [-0.4, -0.2) is 53.4 Å². The first kappa shape index (κ1) is 13.8. The molecule has 0 heterocycles. The lowest BCUT2D eigenvalue weighted by atomic mass is 9.84. The number of nitrogens with zero attached hydrogens (tertiary/aromatic N) is 1. The smallest absolute Gasteiger partial charge is 0.317 e. The first-order chi connectivity index (χ1) is 8.06. The van der Waals surface area contributed by atoms with Crippen LogP contribution in [0.2, 0.25) is 0 Å². The van der Waals surface area contributed by atoms with Gasteiger partial charge in [-0.25, -0.2) is 4.79 Å². The van der Waals surface area contributed by atoms with Gasteiger partial charge in [-0.15, -0.1) is 0 Å². The lowest BCUT2D eigenvalue weighted by Gasteiger charge is -2.30. The minimum atomic E-state index is -0.847. The van der Waals surface area contributed by atoms with Crippen LogP contribution in [0.25, 0.3) is 0 Å². The van der Waals surface area contributed by atoms with Crippen molar-refractivity contribution in [2.75, 3.05) is 20.2 Å². The second kappa shape index (κ2) is 6.44. The van der Waals surface area contributed by atoms with Crippen LogP contribution in [0, 0.1) is 5.92 Å². The Bertz CT molecular complexity index is 283. The van der Waals surface area contributed by atoms with Gasteiger partial charge in [0.2, 0.25) is 0 Å². The van der Waals surface area contributed by atoms with Crippen LogP contribution >= 0.6 is 0 Å². The molecule has 0 aromatic carbocycles. The van der Waals surface area contributed by atoms with Crippen molar-refractivity contribution in [1.82, 2.24) is 10.2 Å². The standard InChI is InChI=1S/C11H20N2O4/c1-13(6-7-14)11(17)12-9-5-3-2-4-8(9)10(15)16/h8-9,14H,2-7H2,1H3,(H,12,17)(H,15,16). The number of carboxylic acid groups (broad SMARTS) is 1. The number of hydrogen-bond acceptors (Lipinski definition) is 3. The number of nitrogens with one attached hydrogen (secondary N) is 1. The summed E-state index contributed by atoms with van der Waals surface area (Å²) in [5, 5.41) is 20.5. The predicted octanol–water partition coefficient (Wildman–Crippen LogP) is 0.263. The van der Waals surface area contributed by atoms with Gasteiger partial charge in [0.05, 0.1) is 12.5 Å². The Labute approximate surface area is 101 Å². The Morgan fingerprint density at radius 1 is 1.35 bits per heavy atom. The molecule has 6 nitrogen and oxygen atoms in total. The molecule has 0 aliphatic heterocycles. The summed E-state index contributed by atoms with van der Waals surface area (Å²) < 4.78 is 0. The molecule has 1 saturated carbocycles. The first-order valence-corrected chi connectivity index (χ1v) is 5.91. The first-order valence-electron chi connectivity index (χ1n) is 5.91. The van der Waals surface area contributed by atoms with Gasteiger partial charge in [-0.3, -0.25) is 4.79 Å². The second-order valence-corrected chi connectivity index (χ2v) is 4.43. The van der Waals surface area contributed by atoms with Crippen molar-refractivity contribution in [3.63, 3.8) is 0 Å². The molecule has 1 aliphatic rings. The number of rotatable bonds is 4. The maximum absolute atomic E-state index is 11.7. The Kier molecular flexibility index (Phi) is 5.21. The molecule has 0 bridgehead atoms. The summed E-state index contributed by atoms with van der Waals surface area (Å²) in [5.74, 6) is -1.34. The monoisotopic (exact) mass is 244 g/mol. The molecule has 1 aliphatic carbocycles. The molecule has 0 saturated heterocycles. The van der Waals surface area contributed by atoms with E-state index in [0.29, 0.717) is 12.8 Å². The summed E-state index contributed by atoms with van der Waals surface area (Å²) in [6.45, 7) is 0.146. The van der Waals surface area contributed by atoms with Crippen molar-refractivity contribution in [3.8, 4) is 0 Å². The third-order valence-corrected chi connectivity index (χ3v) is 3.17. The van der Waals surface area contributed by atoms with E-state index in [1.54, 1.807) is 7.05 Å². The molecule has 2 atom stereocenters. The minimum absolute atomic E-state index is 0.100. The maximum Gasteiger partial charge on any atom is 0.317 e. The number of urea groups is 1. The van der Waals surface area contributed by atoms with Gasteiger partial charge in [-0.2, -0.15) is 0 Å². The average Bonchev–Trinajstić information content (AvgIpc) is 2.29. The number of aliphatic hydroxyl groups excluding tert-OH is 1. The molecule has 3 N–H and O–H groups in total. The van der Waals surface area contributed by atoms with Crippen LogP contribution in [0.4, 0.5) is 4.79 Å². The molecule has 0 aromatic heterocycles. The molecule has 0 aromatic rings. The number of likely N-dealkylation sites (N-methyl/N-ethyl adjacent to an activating group) is 1. The van der Waals surface area contributed by atoms with Crippen molar-refractivity contribution in [2.45, 2.75) is 31.7 Å². The summed E-state index contributed by atoms with van der Waals surface area (Å²) in [6, 6.07) is -0.618. The van der Waals surface area contributed by atoms with E-state index in [2.05, 4.69) is 5.32 Å². The summed E-state index contributed by atoms with van der Waals surface area (Å²) in [6.07, 6.45) is 3.16. The Balaban J connectivity index is 2.52. The van der Waals surface area contributed by atoms with E-state index in [1.807, 2.05) is 0 Å². The van der Waals surface area contributed by atoms with E-state index in [4.69, 9.17) is 10.2 Å². The maximum atomic E-state index is 11.7. The van der Waals surface area contributed by atoms with E-state index in [9.17, 15) is 9.59 Å². The van der Waals surface area contributed by atoms with Crippen molar-refractivity contribution in [2.24, 2.45) is 5.92 Å². The summed E-state index contributed by atoms with van der Waals surface area (Å²) in [4.78, 5) is 24.1. The molecule has 6 heteroatoms. The molecule has 98 valence electrons. The van der Waals surface area contributed by atoms with Crippen LogP contribution in [0.1, 0.15) is 25.7 Å². The van der Waals surface area contributed by atoms with Gasteiger partial charge in [0.15, 0.2) is 0 Å². The van der Waals surface area contributed by atoms with E-state index in [1.165, 1.54) is 4.90 Å². The van der Waals surface area contributed by atoms with E-state index in [0.717, 1.165) is 12.8 Å². The Hall–Kier alpha value is -1.30. The highest BCUT2D eigenvalue weighted by atomic mass is 16.4. The zero-order valence-corrected chi connectivity index (χ0v) is 10.1. The fourth-order valence-electron chi connectivity index (χ4n) is 2.12. The number of carbonyl (C=O) groups excluding carboxylic acids is 1. The van der Waals surface area contributed by atoms with Gasteiger partial charge in [0, 0.05) is 19.6 Å². The highest BCUT2D eigenvalue weighted by Gasteiger charge is 2.32. The van der Waals surface area contributed by atoms with E-state index >= 15 is 0 Å². The van der Waals surface area contributed by atoms with Crippen LogP contribution < -0.4 is 5.32 Å². The van der Waals surface area contributed by atoms with Gasteiger partial charge in [-0.05, 0) is 12.8 Å². The lowest BCUT2D eigenvalue weighted by Crippen LogP contribution is -2.49. The normalized spacial score (nSPS) is 24.1. The molecular formula is C11H20N2O4. The summed E-state index contributed by atoms with van der Waals surface area (Å²) in [5.41, 5.74) is 0. The highest BCUT2D eigenvalue weighted by Crippen LogP contribution is 2.24. The van der Waals surface area contributed by atoms with Gasteiger partial charge in [0.25, 0.3) is 0 Å². The van der Waals surface area contributed by atoms with Crippen LogP contribution in [-0.2, 0) is 4.79 Å². The number of hydrogen-bond donors (Lipinski definition) is 3. The molecular weight excluding hydrogens is 224 g/mol. The second-order valence-electron chi connectivity index (χ2n) is 4.43. The Morgan fingerprint density at radius 2 is 2.00 bits per heavy atom. The quantitative estimate of drug-likeness (QED) is 0.662. The highest BCUT2D eigenvalue weighted by molar-refractivity contribution is 5.76. The van der Waals surface area contributed by atoms with Crippen molar-refractivity contribution >= 4 is 12.0 Å². The zero-order valence-electron chi connectivity index (χ0n) is 10.1. The van der Waals surface area contributed by atoms with E-state index < -0.39 is 11.9 Å². The predicted molar refractivity (Wildman–Crippen MR) is 61.6 cm³/mol. The number of carbonyl (C=O) groups is 2. The average molecular weight is 244 g/mol. The van der Waals surface area contributed by atoms with Gasteiger partial charge >= 0.3 is 12.0 Å². The fraction of sp³-hybridized carbons (Fsp3) is 0.818. The van der Waals surface area contributed by atoms with E-state index in [-0.39, 0.29) is 25.2 Å².